The van der Waals surface area contributed by atoms with Crippen molar-refractivity contribution in [2.75, 3.05) is 44.0 Å². The van der Waals surface area contributed by atoms with E-state index in [2.05, 4.69) is 20.4 Å². The number of benzene rings is 1. The number of rotatable bonds is 8. The number of carbonyl (C=O) groups excluding carboxylic acids is 2. The number of hydrogen-bond acceptors (Lipinski definition) is 9. The number of primary amides is 1. The molecule has 12 heteroatoms. The summed E-state index contributed by atoms with van der Waals surface area (Å²) in [5.74, 6) is -0.107. The third-order valence-corrected chi connectivity index (χ3v) is 5.91. The molecule has 0 aliphatic carbocycles. The second-order valence-electron chi connectivity index (χ2n) is 8.83. The predicted octanol–water partition coefficient (Wildman–Crippen LogP) is 1.87. The highest BCUT2D eigenvalue weighted by Crippen LogP contribution is 2.34. The Kier molecular flexibility index (Phi) is 5.92. The van der Waals surface area contributed by atoms with Gasteiger partial charge in [0.15, 0.2) is 17.9 Å². The molecule has 3 N–H and O–H groups in total. The van der Waals surface area contributed by atoms with Gasteiger partial charge in [-0.25, -0.2) is 4.98 Å². The molecule has 1 aliphatic rings. The first-order valence-electron chi connectivity index (χ1n) is 11.3. The Bertz CT molecular complexity index is 1440. The van der Waals surface area contributed by atoms with Crippen LogP contribution in [0.25, 0.3) is 11.1 Å². The third kappa shape index (κ3) is 4.65. The number of amides is 2. The Morgan fingerprint density at radius 1 is 1.22 bits per heavy atom. The van der Waals surface area contributed by atoms with Crippen molar-refractivity contribution in [1.29, 1.82) is 0 Å². The lowest BCUT2D eigenvalue weighted by atomic mass is 9.96. The van der Waals surface area contributed by atoms with Crippen LogP contribution in [0.2, 0.25) is 0 Å². The molecule has 0 unspecified atom stereocenters. The lowest BCUT2D eigenvalue weighted by Gasteiger charge is -2.37. The van der Waals surface area contributed by atoms with Gasteiger partial charge < -0.3 is 30.0 Å². The average molecular weight is 491 g/mol. The summed E-state index contributed by atoms with van der Waals surface area (Å²) in [7, 11) is 5.16. The van der Waals surface area contributed by atoms with Crippen molar-refractivity contribution in [3.63, 3.8) is 0 Å². The number of fused-ring (bicyclic) bond motifs is 1. The van der Waals surface area contributed by atoms with Gasteiger partial charge in [0.1, 0.15) is 11.3 Å². The van der Waals surface area contributed by atoms with Crippen LogP contribution < -0.4 is 20.7 Å². The Hall–Kier alpha value is -4.61. The summed E-state index contributed by atoms with van der Waals surface area (Å²) in [6.45, 7) is 1.21. The van der Waals surface area contributed by atoms with Crippen LogP contribution in [-0.4, -0.2) is 70.3 Å². The van der Waals surface area contributed by atoms with Crippen molar-refractivity contribution in [2.45, 2.75) is 5.92 Å². The number of hydrogen-bond donors (Lipinski definition) is 2. The number of nitrogens with two attached hydrogens (primary N) is 1. The van der Waals surface area contributed by atoms with E-state index in [9.17, 15) is 9.59 Å². The molecule has 1 aliphatic heterocycles. The highest BCUT2D eigenvalue weighted by Gasteiger charge is 2.33. The van der Waals surface area contributed by atoms with Crippen molar-refractivity contribution < 1.29 is 18.7 Å². The van der Waals surface area contributed by atoms with Gasteiger partial charge in [0.2, 0.25) is 0 Å². The highest BCUT2D eigenvalue weighted by atomic mass is 16.5. The number of aromatic nitrogens is 4. The Morgan fingerprint density at radius 3 is 2.72 bits per heavy atom. The van der Waals surface area contributed by atoms with E-state index in [1.807, 2.05) is 18.0 Å². The molecular formula is C24H26N8O4. The molecule has 2 amide bonds. The molecule has 4 aromatic rings. The number of likely N-dealkylation sites (N-methyl/N-ethyl adjacent to an activating group) is 1. The number of aryl methyl sites for hydroxylation is 1. The molecule has 3 aromatic heterocycles. The zero-order chi connectivity index (χ0) is 25.4. The number of oxazole rings is 1. The maximum absolute atomic E-state index is 12.1. The van der Waals surface area contributed by atoms with Crippen molar-refractivity contribution in [3.05, 3.63) is 54.1 Å². The van der Waals surface area contributed by atoms with Gasteiger partial charge in [-0.1, -0.05) is 0 Å². The number of anilines is 3. The van der Waals surface area contributed by atoms with Crippen molar-refractivity contribution >= 4 is 40.3 Å². The van der Waals surface area contributed by atoms with E-state index in [1.54, 1.807) is 55.4 Å². The summed E-state index contributed by atoms with van der Waals surface area (Å²) in [4.78, 5) is 36.4. The quantitative estimate of drug-likeness (QED) is 0.378. The van der Waals surface area contributed by atoms with Gasteiger partial charge >= 0.3 is 0 Å². The minimum atomic E-state index is -0.608. The lowest BCUT2D eigenvalue weighted by Crippen LogP contribution is -2.45. The molecule has 0 atom stereocenters. The summed E-state index contributed by atoms with van der Waals surface area (Å²) >= 11 is 0. The zero-order valence-corrected chi connectivity index (χ0v) is 20.1. The van der Waals surface area contributed by atoms with E-state index in [-0.39, 0.29) is 24.1 Å². The molecule has 1 fully saturated rings. The number of nitrogens with zero attached hydrogens (tertiary/aromatic N) is 6. The largest absolute Gasteiger partial charge is 0.484 e. The van der Waals surface area contributed by atoms with E-state index >= 15 is 0 Å². The molecular weight excluding hydrogens is 464 g/mol. The summed E-state index contributed by atoms with van der Waals surface area (Å²) in [5.41, 5.74) is 9.08. The van der Waals surface area contributed by atoms with E-state index < -0.39 is 5.91 Å². The lowest BCUT2D eigenvalue weighted by molar-refractivity contribution is -0.130. The van der Waals surface area contributed by atoms with Crippen LogP contribution in [-0.2, 0) is 11.8 Å². The topological polar surface area (TPSA) is 145 Å². The Morgan fingerprint density at radius 2 is 2.03 bits per heavy atom. The second-order valence-corrected chi connectivity index (χ2v) is 8.83. The molecule has 0 saturated carbocycles. The third-order valence-electron chi connectivity index (χ3n) is 5.91. The fourth-order valence-corrected chi connectivity index (χ4v) is 3.85. The van der Waals surface area contributed by atoms with Crippen LogP contribution in [0.1, 0.15) is 22.1 Å². The van der Waals surface area contributed by atoms with E-state index in [1.165, 1.54) is 4.90 Å². The van der Waals surface area contributed by atoms with Gasteiger partial charge in [0.25, 0.3) is 17.8 Å². The molecule has 36 heavy (non-hydrogen) atoms. The maximum Gasteiger partial charge on any atom is 0.298 e. The van der Waals surface area contributed by atoms with E-state index in [0.29, 0.717) is 41.6 Å². The Balaban J connectivity index is 1.26. The number of carbonyl (C=O) groups is 2. The van der Waals surface area contributed by atoms with Gasteiger partial charge in [-0.05, 0) is 24.3 Å². The van der Waals surface area contributed by atoms with Gasteiger partial charge in [0, 0.05) is 58.1 Å². The van der Waals surface area contributed by atoms with Crippen LogP contribution in [0, 0.1) is 0 Å². The minimum Gasteiger partial charge on any atom is -0.484 e. The molecule has 1 aromatic carbocycles. The molecule has 4 heterocycles. The molecule has 186 valence electrons. The van der Waals surface area contributed by atoms with Crippen molar-refractivity contribution in [3.8, 4) is 5.75 Å². The van der Waals surface area contributed by atoms with Crippen LogP contribution in [0.4, 0.5) is 17.4 Å². The van der Waals surface area contributed by atoms with E-state index in [4.69, 9.17) is 14.9 Å². The summed E-state index contributed by atoms with van der Waals surface area (Å²) in [5, 5.41) is 7.25. The fourth-order valence-electron chi connectivity index (χ4n) is 3.85. The smallest absolute Gasteiger partial charge is 0.298 e. The second kappa shape index (κ2) is 9.21. The molecule has 0 spiro atoms. The maximum atomic E-state index is 12.1. The van der Waals surface area contributed by atoms with Gasteiger partial charge in [-0.2, -0.15) is 10.1 Å². The molecule has 1 saturated heterocycles. The number of nitrogens with one attached hydrogen (secondary N) is 1. The predicted molar refractivity (Wildman–Crippen MR) is 132 cm³/mol. The first-order chi connectivity index (χ1) is 17.3. The number of ether oxygens (including phenoxy) is 1. The average Bonchev–Trinajstić information content (AvgIpc) is 3.42. The van der Waals surface area contributed by atoms with E-state index in [0.717, 1.165) is 11.4 Å². The van der Waals surface area contributed by atoms with Crippen LogP contribution in [0.5, 0.6) is 5.75 Å². The molecule has 5 rings (SSSR count). The monoisotopic (exact) mass is 490 g/mol. The fraction of sp³-hybridized carbons (Fsp3) is 0.292. The van der Waals surface area contributed by atoms with Gasteiger partial charge in [-0.3, -0.25) is 14.3 Å². The summed E-state index contributed by atoms with van der Waals surface area (Å²) < 4.78 is 13.1. The van der Waals surface area contributed by atoms with Gasteiger partial charge in [-0.15, -0.1) is 0 Å². The molecule has 0 radical (unpaired) electrons. The Labute approximate surface area is 206 Å². The first kappa shape index (κ1) is 23.1. The van der Waals surface area contributed by atoms with Gasteiger partial charge in [0.05, 0.1) is 17.6 Å². The molecule has 0 bridgehead atoms. The highest BCUT2D eigenvalue weighted by molar-refractivity contribution is 5.97. The normalized spacial score (nSPS) is 13.5. The first-order valence-corrected chi connectivity index (χ1v) is 11.3. The molecule has 12 nitrogen and oxygen atoms in total. The minimum absolute atomic E-state index is 0.0514. The summed E-state index contributed by atoms with van der Waals surface area (Å²) in [6.07, 6.45) is 3.45. The van der Waals surface area contributed by atoms with Crippen molar-refractivity contribution in [1.82, 2.24) is 24.6 Å². The zero-order valence-electron chi connectivity index (χ0n) is 20.1. The van der Waals surface area contributed by atoms with Crippen LogP contribution in [0.15, 0.2) is 47.1 Å². The number of pyridine rings is 1. The standard InChI is InChI=1S/C24H26N8O4/c1-30(2)21(33)13-35-16-4-5-18-20(8-16)36-24(29-18)32-10-14(11-32)17-6-7-19(22(28-17)23(25)34)27-15-9-26-31(3)12-15/h4-9,12,14,27H,10-11,13H2,1-3H3,(H2,25,34). The van der Waals surface area contributed by atoms with Crippen LogP contribution in [0.3, 0.4) is 0 Å². The SMILES string of the molecule is CN(C)C(=O)COc1ccc2nc(N3CC(c4ccc(Nc5cnn(C)c5)c(C(N)=O)n4)C3)oc2c1. The van der Waals surface area contributed by atoms with Crippen LogP contribution >= 0.6 is 0 Å². The summed E-state index contributed by atoms with van der Waals surface area (Å²) in [6, 6.07) is 9.46. The van der Waals surface area contributed by atoms with Crippen molar-refractivity contribution in [2.24, 2.45) is 12.8 Å².